The first kappa shape index (κ1) is 10.7. The van der Waals surface area contributed by atoms with Gasteiger partial charge in [-0.2, -0.15) is 0 Å². The maximum Gasteiger partial charge on any atom is 0.332 e. The topological polar surface area (TPSA) is 57.5 Å². The zero-order chi connectivity index (χ0) is 5.15. The number of carboxylic acid groups (broad SMARTS) is 1. The predicted molar refractivity (Wildman–Crippen MR) is 19.3 cm³/mol. The normalized spacial score (nSPS) is 11.7. The Labute approximate surface area is 73.8 Å². The molecule has 0 saturated heterocycles. The molecule has 0 aliphatic carbocycles. The van der Waals surface area contributed by atoms with Crippen LogP contribution in [0, 0.1) is 40.4 Å². The maximum absolute atomic E-state index is 9.45. The van der Waals surface area contributed by atoms with Crippen molar-refractivity contribution >= 4 is 5.97 Å². The Morgan fingerprint density at radius 2 is 1.86 bits per heavy atom. The van der Waals surface area contributed by atoms with Gasteiger partial charge in [-0.3, -0.25) is 0 Å². The van der Waals surface area contributed by atoms with Gasteiger partial charge in [0.2, 0.25) is 0 Å². The molecule has 0 aliphatic heterocycles. The van der Waals surface area contributed by atoms with Crippen molar-refractivity contribution in [2.24, 2.45) is 0 Å². The molecule has 2 N–H and O–H groups in total. The minimum atomic E-state index is -1.23. The molecular formula is C3H6O3Sm. The minimum absolute atomic E-state index is 0. The smallest absolute Gasteiger partial charge is 0.332 e. The summed E-state index contributed by atoms with van der Waals surface area (Å²) in [5.74, 6) is -1.19. The Hall–Kier alpha value is 0.768. The Morgan fingerprint density at radius 1 is 1.71 bits per heavy atom. The van der Waals surface area contributed by atoms with Crippen molar-refractivity contribution in [3.05, 3.63) is 0 Å². The first-order chi connectivity index (χ1) is 2.64. The quantitative estimate of drug-likeness (QED) is 0.647. The summed E-state index contributed by atoms with van der Waals surface area (Å²) in [6.45, 7) is 1.20. The van der Waals surface area contributed by atoms with Crippen LogP contribution < -0.4 is 0 Å². The Bertz CT molecular complexity index is 61.2. The van der Waals surface area contributed by atoms with E-state index in [0.29, 0.717) is 0 Å². The molecule has 0 aromatic carbocycles. The van der Waals surface area contributed by atoms with E-state index in [0.717, 1.165) is 0 Å². The molecule has 0 fully saturated rings. The number of hydrogen-bond donors (Lipinski definition) is 2. The summed E-state index contributed by atoms with van der Waals surface area (Å²) in [4.78, 5) is 9.45. The second kappa shape index (κ2) is 4.92. The van der Waals surface area contributed by atoms with E-state index in [2.05, 4.69) is 0 Å². The van der Waals surface area contributed by atoms with E-state index in [9.17, 15) is 4.79 Å². The second-order valence-electron chi connectivity index (χ2n) is 1.01. The van der Waals surface area contributed by atoms with Crippen LogP contribution in [0.15, 0.2) is 0 Å². The van der Waals surface area contributed by atoms with E-state index in [-0.39, 0.29) is 40.4 Å². The molecule has 0 aromatic heterocycles. The van der Waals surface area contributed by atoms with Gasteiger partial charge in [0.25, 0.3) is 0 Å². The minimum Gasteiger partial charge on any atom is -0.479 e. The Morgan fingerprint density at radius 3 is 1.86 bits per heavy atom. The Balaban J connectivity index is 0. The van der Waals surface area contributed by atoms with E-state index >= 15 is 0 Å². The van der Waals surface area contributed by atoms with Crippen LogP contribution in [0.3, 0.4) is 0 Å². The average molecular weight is 240 g/mol. The number of carbonyl (C=O) groups is 1. The second-order valence-corrected chi connectivity index (χ2v) is 1.01. The van der Waals surface area contributed by atoms with E-state index in [1.54, 1.807) is 0 Å². The van der Waals surface area contributed by atoms with Crippen LogP contribution in [-0.2, 0) is 4.79 Å². The van der Waals surface area contributed by atoms with Crippen LogP contribution in [0.2, 0.25) is 0 Å². The summed E-state index contributed by atoms with van der Waals surface area (Å²) in [7, 11) is 0. The zero-order valence-electron chi connectivity index (χ0n) is 3.79. The standard InChI is InChI=1S/C3H6O3.Sm/c1-2(4)3(5)6;/h2,4H,1H3,(H,5,6);. The third-order valence-corrected chi connectivity index (χ3v) is 0.357. The fraction of sp³-hybridized carbons (Fsp3) is 0.667. The van der Waals surface area contributed by atoms with Crippen molar-refractivity contribution in [3.8, 4) is 0 Å². The summed E-state index contributed by atoms with van der Waals surface area (Å²) in [6, 6.07) is 0. The van der Waals surface area contributed by atoms with E-state index < -0.39 is 12.1 Å². The summed E-state index contributed by atoms with van der Waals surface area (Å²) < 4.78 is 0. The van der Waals surface area contributed by atoms with Crippen LogP contribution >= 0.6 is 0 Å². The van der Waals surface area contributed by atoms with Gasteiger partial charge in [0.1, 0.15) is 6.10 Å². The number of hydrogen-bond acceptors (Lipinski definition) is 2. The summed E-state index contributed by atoms with van der Waals surface area (Å²) >= 11 is 0. The molecule has 0 saturated carbocycles. The van der Waals surface area contributed by atoms with Gasteiger partial charge < -0.3 is 10.2 Å². The molecule has 0 rings (SSSR count). The number of aliphatic carboxylic acids is 1. The third-order valence-electron chi connectivity index (χ3n) is 0.357. The van der Waals surface area contributed by atoms with Crippen LogP contribution in [0.1, 0.15) is 6.92 Å². The zero-order valence-corrected chi connectivity index (χ0v) is 6.41. The molecule has 0 radical (unpaired) electrons. The van der Waals surface area contributed by atoms with Gasteiger partial charge in [0.15, 0.2) is 0 Å². The molecule has 0 spiro atoms. The molecule has 0 amide bonds. The van der Waals surface area contributed by atoms with Crippen molar-refractivity contribution < 1.29 is 55.4 Å². The van der Waals surface area contributed by atoms with Crippen LogP contribution in [0.25, 0.3) is 0 Å². The molecule has 4 heteroatoms. The molecule has 1 atom stereocenters. The van der Waals surface area contributed by atoms with Crippen LogP contribution in [0.5, 0.6) is 0 Å². The van der Waals surface area contributed by atoms with Gasteiger partial charge in [0.05, 0.1) is 0 Å². The first-order valence-electron chi connectivity index (χ1n) is 1.55. The molecular weight excluding hydrogens is 234 g/mol. The van der Waals surface area contributed by atoms with Gasteiger partial charge in [-0.25, -0.2) is 4.79 Å². The fourth-order valence-corrected chi connectivity index (χ4v) is 0. The van der Waals surface area contributed by atoms with Gasteiger partial charge in [-0.15, -0.1) is 0 Å². The van der Waals surface area contributed by atoms with Crippen molar-refractivity contribution in [2.75, 3.05) is 0 Å². The molecule has 3 nitrogen and oxygen atoms in total. The number of aliphatic hydroxyl groups excluding tert-OH is 1. The van der Waals surface area contributed by atoms with Crippen LogP contribution in [0.4, 0.5) is 0 Å². The molecule has 0 aromatic rings. The molecule has 0 aliphatic rings. The maximum atomic E-state index is 9.45. The number of aliphatic hydroxyl groups is 1. The van der Waals surface area contributed by atoms with Crippen LogP contribution in [-0.4, -0.2) is 22.3 Å². The van der Waals surface area contributed by atoms with Crippen molar-refractivity contribution in [1.82, 2.24) is 0 Å². The van der Waals surface area contributed by atoms with E-state index in [1.165, 1.54) is 6.92 Å². The van der Waals surface area contributed by atoms with Crippen molar-refractivity contribution in [1.29, 1.82) is 0 Å². The van der Waals surface area contributed by atoms with E-state index in [1.807, 2.05) is 0 Å². The molecule has 0 heterocycles. The molecule has 7 heavy (non-hydrogen) atoms. The van der Waals surface area contributed by atoms with Gasteiger partial charge in [-0.1, -0.05) is 0 Å². The summed E-state index contributed by atoms with van der Waals surface area (Å²) in [5.41, 5.74) is 0. The average Bonchev–Trinajstić information content (AvgIpc) is 1.36. The first-order valence-corrected chi connectivity index (χ1v) is 1.55. The molecule has 42 valence electrons. The van der Waals surface area contributed by atoms with Gasteiger partial charge >= 0.3 is 5.97 Å². The summed E-state index contributed by atoms with van der Waals surface area (Å²) in [6.07, 6.45) is -1.23. The summed E-state index contributed by atoms with van der Waals surface area (Å²) in [5, 5.41) is 15.8. The third kappa shape index (κ3) is 6.77. The SMILES string of the molecule is CC(O)C(=O)O.[Sm]. The number of carboxylic acids is 1. The number of rotatable bonds is 1. The monoisotopic (exact) mass is 242 g/mol. The molecule has 1 unspecified atom stereocenters. The predicted octanol–water partition coefficient (Wildman–Crippen LogP) is -0.548. The van der Waals surface area contributed by atoms with Crippen molar-refractivity contribution in [3.63, 3.8) is 0 Å². The van der Waals surface area contributed by atoms with Crippen molar-refractivity contribution in [2.45, 2.75) is 13.0 Å². The fourth-order valence-electron chi connectivity index (χ4n) is 0. The molecule has 0 bridgehead atoms. The van der Waals surface area contributed by atoms with Gasteiger partial charge in [-0.05, 0) is 6.92 Å². The largest absolute Gasteiger partial charge is 0.479 e. The Kier molecular flexibility index (Phi) is 7.51. The van der Waals surface area contributed by atoms with Gasteiger partial charge in [0, 0.05) is 40.4 Å². The van der Waals surface area contributed by atoms with E-state index in [4.69, 9.17) is 10.2 Å².